The van der Waals surface area contributed by atoms with Crippen LogP contribution in [0.5, 0.6) is 5.75 Å². The molecule has 0 radical (unpaired) electrons. The average Bonchev–Trinajstić information content (AvgIpc) is 2.74. The summed E-state index contributed by atoms with van der Waals surface area (Å²) in [6, 6.07) is 5.65. The van der Waals surface area contributed by atoms with E-state index in [1.165, 1.54) is 6.33 Å². The summed E-state index contributed by atoms with van der Waals surface area (Å²) in [6.07, 6.45) is 2.15. The molecule has 0 aliphatic carbocycles. The molecule has 0 bridgehead atoms. The molecular formula is C12H15BrN4O. The van der Waals surface area contributed by atoms with Gasteiger partial charge in [0.15, 0.2) is 0 Å². The lowest BCUT2D eigenvalue weighted by Crippen LogP contribution is -2.17. The van der Waals surface area contributed by atoms with Crippen molar-refractivity contribution in [1.82, 2.24) is 14.8 Å². The van der Waals surface area contributed by atoms with Gasteiger partial charge in [0.1, 0.15) is 17.9 Å². The molecule has 0 saturated carbocycles. The van der Waals surface area contributed by atoms with Crippen LogP contribution in [0.3, 0.4) is 0 Å². The number of rotatable bonds is 4. The Balaban J connectivity index is 2.23. The number of hydrogen-bond donors (Lipinski definition) is 1. The van der Waals surface area contributed by atoms with Gasteiger partial charge in [-0.3, -0.25) is 4.68 Å². The first-order valence-electron chi connectivity index (χ1n) is 5.53. The molecule has 0 aliphatic rings. The first-order chi connectivity index (χ1) is 8.61. The van der Waals surface area contributed by atoms with Crippen molar-refractivity contribution in [2.45, 2.75) is 12.5 Å². The van der Waals surface area contributed by atoms with Gasteiger partial charge in [-0.1, -0.05) is 22.0 Å². The second-order valence-corrected chi connectivity index (χ2v) is 4.91. The van der Waals surface area contributed by atoms with Gasteiger partial charge in [0.2, 0.25) is 0 Å². The monoisotopic (exact) mass is 310 g/mol. The molecule has 2 N–H and O–H groups in total. The number of halogens is 1. The predicted octanol–water partition coefficient (Wildman–Crippen LogP) is 1.83. The number of nitrogens with two attached hydrogens (primary N) is 1. The average molecular weight is 311 g/mol. The molecule has 1 aromatic carbocycles. The molecule has 5 nitrogen and oxygen atoms in total. The van der Waals surface area contributed by atoms with Gasteiger partial charge < -0.3 is 10.5 Å². The van der Waals surface area contributed by atoms with Crippen LogP contribution in [0, 0.1) is 0 Å². The highest BCUT2D eigenvalue weighted by atomic mass is 79.9. The predicted molar refractivity (Wildman–Crippen MR) is 72.3 cm³/mol. The van der Waals surface area contributed by atoms with Gasteiger partial charge in [0.25, 0.3) is 0 Å². The zero-order chi connectivity index (χ0) is 13.1. The van der Waals surface area contributed by atoms with Gasteiger partial charge in [0.05, 0.1) is 7.11 Å². The molecule has 6 heteroatoms. The van der Waals surface area contributed by atoms with E-state index in [0.29, 0.717) is 6.42 Å². The highest BCUT2D eigenvalue weighted by Gasteiger charge is 2.15. The summed E-state index contributed by atoms with van der Waals surface area (Å²) in [4.78, 5) is 4.18. The summed E-state index contributed by atoms with van der Waals surface area (Å²) in [5, 5.41) is 4.03. The Hall–Kier alpha value is -1.40. The van der Waals surface area contributed by atoms with E-state index in [1.807, 2.05) is 25.2 Å². The minimum atomic E-state index is -0.170. The standard InChI is InChI=1S/C12H15BrN4O/c1-17-12(15-7-16-17)6-10(14)9-4-3-8(13)5-11(9)18-2/h3-5,7,10H,6,14H2,1-2H3. The van der Waals surface area contributed by atoms with Gasteiger partial charge in [-0.05, 0) is 12.1 Å². The highest BCUT2D eigenvalue weighted by molar-refractivity contribution is 9.10. The van der Waals surface area contributed by atoms with Crippen molar-refractivity contribution in [3.8, 4) is 5.75 Å². The summed E-state index contributed by atoms with van der Waals surface area (Å²) in [7, 11) is 3.49. The number of benzene rings is 1. The largest absolute Gasteiger partial charge is 0.496 e. The third-order valence-electron chi connectivity index (χ3n) is 2.80. The van der Waals surface area contributed by atoms with E-state index < -0.39 is 0 Å². The van der Waals surface area contributed by atoms with E-state index in [9.17, 15) is 0 Å². The van der Waals surface area contributed by atoms with E-state index in [1.54, 1.807) is 11.8 Å². The topological polar surface area (TPSA) is 66.0 Å². The molecule has 18 heavy (non-hydrogen) atoms. The molecule has 1 aromatic heterocycles. The van der Waals surface area contributed by atoms with E-state index in [4.69, 9.17) is 10.5 Å². The number of aryl methyl sites for hydroxylation is 1. The summed E-state index contributed by atoms with van der Waals surface area (Å²) in [5.41, 5.74) is 7.17. The molecule has 96 valence electrons. The molecule has 2 rings (SSSR count). The Morgan fingerprint density at radius 2 is 2.28 bits per heavy atom. The van der Waals surface area contributed by atoms with Crippen LogP contribution >= 0.6 is 15.9 Å². The fourth-order valence-corrected chi connectivity index (χ4v) is 2.14. The summed E-state index contributed by atoms with van der Waals surface area (Å²) >= 11 is 3.41. The van der Waals surface area contributed by atoms with E-state index in [0.717, 1.165) is 21.6 Å². The Labute approximate surface area is 114 Å². The van der Waals surface area contributed by atoms with Crippen LogP contribution in [0.25, 0.3) is 0 Å². The Morgan fingerprint density at radius 3 is 2.89 bits per heavy atom. The van der Waals surface area contributed by atoms with Gasteiger partial charge in [-0.25, -0.2) is 4.98 Å². The van der Waals surface area contributed by atoms with Gasteiger partial charge in [-0.2, -0.15) is 5.10 Å². The van der Waals surface area contributed by atoms with Crippen LogP contribution in [0.4, 0.5) is 0 Å². The second-order valence-electron chi connectivity index (χ2n) is 4.00. The van der Waals surface area contributed by atoms with Crippen LogP contribution < -0.4 is 10.5 Å². The summed E-state index contributed by atoms with van der Waals surface area (Å²) in [5.74, 6) is 1.63. The molecule has 1 atom stereocenters. The maximum absolute atomic E-state index is 6.21. The number of ether oxygens (including phenoxy) is 1. The third-order valence-corrected chi connectivity index (χ3v) is 3.30. The Bertz CT molecular complexity index is 541. The molecule has 0 saturated heterocycles. The van der Waals surface area contributed by atoms with Crippen molar-refractivity contribution >= 4 is 15.9 Å². The molecule has 0 fully saturated rings. The molecule has 2 aromatic rings. The van der Waals surface area contributed by atoms with Crippen molar-refractivity contribution in [3.05, 3.63) is 40.4 Å². The minimum absolute atomic E-state index is 0.170. The first kappa shape index (κ1) is 13.0. The lowest BCUT2D eigenvalue weighted by Gasteiger charge is -2.15. The zero-order valence-electron chi connectivity index (χ0n) is 10.3. The number of methoxy groups -OCH3 is 1. The molecule has 1 heterocycles. The van der Waals surface area contributed by atoms with Crippen LogP contribution in [-0.2, 0) is 13.5 Å². The number of aromatic nitrogens is 3. The quantitative estimate of drug-likeness (QED) is 0.935. The van der Waals surface area contributed by atoms with E-state index in [2.05, 4.69) is 26.0 Å². The van der Waals surface area contributed by atoms with Gasteiger partial charge >= 0.3 is 0 Å². The van der Waals surface area contributed by atoms with Crippen molar-refractivity contribution in [3.63, 3.8) is 0 Å². The Kier molecular flexibility index (Phi) is 3.98. The third kappa shape index (κ3) is 2.70. The highest BCUT2D eigenvalue weighted by Crippen LogP contribution is 2.28. The SMILES string of the molecule is COc1cc(Br)ccc1C(N)Cc1ncnn1C. The first-order valence-corrected chi connectivity index (χ1v) is 6.33. The minimum Gasteiger partial charge on any atom is -0.496 e. The van der Waals surface area contributed by atoms with Gasteiger partial charge in [0, 0.05) is 29.5 Å². The molecule has 0 amide bonds. The lowest BCUT2D eigenvalue weighted by atomic mass is 10.0. The van der Waals surface area contributed by atoms with Crippen LogP contribution in [0.2, 0.25) is 0 Å². The van der Waals surface area contributed by atoms with Crippen LogP contribution in [0.15, 0.2) is 29.0 Å². The van der Waals surface area contributed by atoms with E-state index in [-0.39, 0.29) is 6.04 Å². The van der Waals surface area contributed by atoms with Gasteiger partial charge in [-0.15, -0.1) is 0 Å². The van der Waals surface area contributed by atoms with E-state index >= 15 is 0 Å². The smallest absolute Gasteiger partial charge is 0.138 e. The lowest BCUT2D eigenvalue weighted by molar-refractivity contribution is 0.404. The van der Waals surface area contributed by atoms with Crippen molar-refractivity contribution < 1.29 is 4.74 Å². The molecule has 1 unspecified atom stereocenters. The number of nitrogens with zero attached hydrogens (tertiary/aromatic N) is 3. The van der Waals surface area contributed by atoms with Crippen LogP contribution in [0.1, 0.15) is 17.4 Å². The Morgan fingerprint density at radius 1 is 1.50 bits per heavy atom. The maximum Gasteiger partial charge on any atom is 0.138 e. The van der Waals surface area contributed by atoms with Crippen LogP contribution in [-0.4, -0.2) is 21.9 Å². The normalized spacial score (nSPS) is 12.4. The second kappa shape index (κ2) is 5.49. The van der Waals surface area contributed by atoms with Crippen molar-refractivity contribution in [2.24, 2.45) is 12.8 Å². The molecular weight excluding hydrogens is 296 g/mol. The maximum atomic E-state index is 6.21. The summed E-state index contributed by atoms with van der Waals surface area (Å²) < 4.78 is 8.04. The fourth-order valence-electron chi connectivity index (χ4n) is 1.80. The van der Waals surface area contributed by atoms with Crippen molar-refractivity contribution in [1.29, 1.82) is 0 Å². The fraction of sp³-hybridized carbons (Fsp3) is 0.333. The zero-order valence-corrected chi connectivity index (χ0v) is 11.9. The molecule has 0 spiro atoms. The molecule has 0 aliphatic heterocycles. The summed E-state index contributed by atoms with van der Waals surface area (Å²) in [6.45, 7) is 0. The number of hydrogen-bond acceptors (Lipinski definition) is 4. The van der Waals surface area contributed by atoms with Crippen molar-refractivity contribution in [2.75, 3.05) is 7.11 Å².